The van der Waals surface area contributed by atoms with Gasteiger partial charge in [0.25, 0.3) is 0 Å². The van der Waals surface area contributed by atoms with Crippen molar-refractivity contribution in [3.05, 3.63) is 64.4 Å². The summed E-state index contributed by atoms with van der Waals surface area (Å²) < 4.78 is 39.6. The number of hydrogen-bond donors (Lipinski definition) is 2. The van der Waals surface area contributed by atoms with Crippen LogP contribution in [0.2, 0.25) is 0 Å². The van der Waals surface area contributed by atoms with Crippen LogP contribution in [0.4, 0.5) is 4.39 Å². The number of carbonyl (C=O) groups excluding carboxylic acids is 1. The molecule has 0 fully saturated rings. The number of benzene rings is 2. The van der Waals surface area contributed by atoms with Crippen molar-refractivity contribution >= 4 is 31.9 Å². The first-order valence-electron chi connectivity index (χ1n) is 6.64. The molecule has 8 heteroatoms. The first-order valence-corrected chi connectivity index (χ1v) is 8.91. The van der Waals surface area contributed by atoms with Gasteiger partial charge in [0.1, 0.15) is 5.82 Å². The van der Waals surface area contributed by atoms with Crippen LogP contribution in [0.25, 0.3) is 0 Å². The maximum absolute atomic E-state index is 12.8. The Morgan fingerprint density at radius 1 is 1.09 bits per heavy atom. The fraction of sp³-hybridized carbons (Fsp3) is 0.133. The molecule has 2 rings (SSSR count). The first kappa shape index (κ1) is 17.6. The summed E-state index contributed by atoms with van der Waals surface area (Å²) in [5.74, 6) is -0.841. The highest BCUT2D eigenvalue weighted by Crippen LogP contribution is 2.20. The van der Waals surface area contributed by atoms with Crippen LogP contribution in [-0.4, -0.2) is 20.9 Å². The first-order chi connectivity index (χ1) is 10.9. The van der Waals surface area contributed by atoms with Crippen molar-refractivity contribution in [1.82, 2.24) is 10.0 Å². The third-order valence-electron chi connectivity index (χ3n) is 2.95. The number of sulfonamides is 1. The Morgan fingerprint density at radius 2 is 1.74 bits per heavy atom. The molecule has 2 N–H and O–H groups in total. The Morgan fingerprint density at radius 3 is 2.39 bits per heavy atom. The highest BCUT2D eigenvalue weighted by atomic mass is 79.9. The standard InChI is InChI=1S/C15H14BrFN2O3S/c16-13-3-1-2-4-14(13)23(21,22)19-10-15(20)18-9-11-5-7-12(17)8-6-11/h1-8,19H,9-10H2,(H,18,20). The summed E-state index contributed by atoms with van der Waals surface area (Å²) in [6.45, 7) is -0.194. The number of carbonyl (C=O) groups is 1. The lowest BCUT2D eigenvalue weighted by molar-refractivity contribution is -0.120. The number of hydrogen-bond acceptors (Lipinski definition) is 3. The van der Waals surface area contributed by atoms with Crippen LogP contribution in [0.1, 0.15) is 5.56 Å². The number of amides is 1. The molecule has 0 aliphatic rings. The van der Waals surface area contributed by atoms with Crippen molar-refractivity contribution in [2.45, 2.75) is 11.4 Å². The Balaban J connectivity index is 1.89. The zero-order valence-corrected chi connectivity index (χ0v) is 14.3. The Kier molecular flexibility index (Phi) is 5.86. The summed E-state index contributed by atoms with van der Waals surface area (Å²) in [4.78, 5) is 11.8. The van der Waals surface area contributed by atoms with E-state index in [0.717, 1.165) is 0 Å². The number of halogens is 2. The van der Waals surface area contributed by atoms with Crippen molar-refractivity contribution in [2.24, 2.45) is 0 Å². The van der Waals surface area contributed by atoms with Gasteiger partial charge in [0.2, 0.25) is 15.9 Å². The molecule has 0 radical (unpaired) electrons. The smallest absolute Gasteiger partial charge is 0.242 e. The zero-order valence-electron chi connectivity index (χ0n) is 11.9. The summed E-state index contributed by atoms with van der Waals surface area (Å²) in [7, 11) is -3.78. The van der Waals surface area contributed by atoms with Gasteiger partial charge in [-0.1, -0.05) is 24.3 Å². The van der Waals surface area contributed by atoms with E-state index >= 15 is 0 Å². The molecule has 5 nitrogen and oxygen atoms in total. The molecule has 122 valence electrons. The van der Waals surface area contributed by atoms with E-state index < -0.39 is 15.9 Å². The summed E-state index contributed by atoms with van der Waals surface area (Å²) >= 11 is 3.16. The van der Waals surface area contributed by atoms with E-state index in [1.807, 2.05) is 0 Å². The average molecular weight is 401 g/mol. The maximum Gasteiger partial charge on any atom is 0.242 e. The molecule has 0 heterocycles. The summed E-state index contributed by atoms with van der Waals surface area (Å²) in [6.07, 6.45) is 0. The largest absolute Gasteiger partial charge is 0.351 e. The van der Waals surface area contributed by atoms with E-state index in [9.17, 15) is 17.6 Å². The molecule has 0 bridgehead atoms. The fourth-order valence-electron chi connectivity index (χ4n) is 1.77. The topological polar surface area (TPSA) is 75.3 Å². The predicted molar refractivity (Wildman–Crippen MR) is 87.6 cm³/mol. The molecule has 0 saturated heterocycles. The monoisotopic (exact) mass is 400 g/mol. The maximum atomic E-state index is 12.8. The molecule has 0 aliphatic carbocycles. The molecule has 0 aliphatic heterocycles. The minimum Gasteiger partial charge on any atom is -0.351 e. The van der Waals surface area contributed by atoms with Crippen LogP contribution in [-0.2, 0) is 21.4 Å². The second-order valence-corrected chi connectivity index (χ2v) is 7.25. The molecule has 23 heavy (non-hydrogen) atoms. The van der Waals surface area contributed by atoms with E-state index in [4.69, 9.17) is 0 Å². The Labute approximate surface area is 142 Å². The Hall–Kier alpha value is -1.77. The SMILES string of the molecule is O=C(CNS(=O)(=O)c1ccccc1Br)NCc1ccc(F)cc1. The van der Waals surface area contributed by atoms with E-state index in [0.29, 0.717) is 10.0 Å². The molecule has 2 aromatic rings. The van der Waals surface area contributed by atoms with Gasteiger partial charge in [0, 0.05) is 11.0 Å². The van der Waals surface area contributed by atoms with Crippen molar-refractivity contribution in [3.63, 3.8) is 0 Å². The van der Waals surface area contributed by atoms with Crippen LogP contribution >= 0.6 is 15.9 Å². The molecule has 0 aromatic heterocycles. The van der Waals surface area contributed by atoms with Gasteiger partial charge in [-0.25, -0.2) is 17.5 Å². The van der Waals surface area contributed by atoms with Crippen LogP contribution in [0.5, 0.6) is 0 Å². The molecule has 0 atom stereocenters. The van der Waals surface area contributed by atoms with E-state index in [-0.39, 0.29) is 23.8 Å². The lowest BCUT2D eigenvalue weighted by atomic mass is 10.2. The van der Waals surface area contributed by atoms with Crippen molar-refractivity contribution in [2.75, 3.05) is 6.54 Å². The van der Waals surface area contributed by atoms with Gasteiger partial charge >= 0.3 is 0 Å². The van der Waals surface area contributed by atoms with Crippen LogP contribution < -0.4 is 10.0 Å². The zero-order chi connectivity index (χ0) is 16.9. The van der Waals surface area contributed by atoms with E-state index in [1.165, 1.54) is 18.2 Å². The Bertz CT molecular complexity index is 795. The minimum absolute atomic E-state index is 0.0614. The third-order valence-corrected chi connectivity index (χ3v) is 5.37. The lowest BCUT2D eigenvalue weighted by Crippen LogP contribution is -2.36. The van der Waals surface area contributed by atoms with Crippen LogP contribution in [0.3, 0.4) is 0 Å². The van der Waals surface area contributed by atoms with Crippen LogP contribution in [0, 0.1) is 5.82 Å². The van der Waals surface area contributed by atoms with E-state index in [2.05, 4.69) is 26.0 Å². The van der Waals surface area contributed by atoms with Gasteiger partial charge in [-0.15, -0.1) is 0 Å². The predicted octanol–water partition coefficient (Wildman–Crippen LogP) is 2.18. The van der Waals surface area contributed by atoms with Gasteiger partial charge in [-0.2, -0.15) is 0 Å². The van der Waals surface area contributed by atoms with Gasteiger partial charge in [0.15, 0.2) is 0 Å². The molecule has 0 saturated carbocycles. The second kappa shape index (κ2) is 7.67. The highest BCUT2D eigenvalue weighted by Gasteiger charge is 2.17. The molecule has 0 unspecified atom stereocenters. The third kappa shape index (κ3) is 5.12. The molecule has 1 amide bonds. The normalized spacial score (nSPS) is 11.2. The molecular formula is C15H14BrFN2O3S. The van der Waals surface area contributed by atoms with Crippen molar-refractivity contribution < 1.29 is 17.6 Å². The summed E-state index contributed by atoms with van der Waals surface area (Å²) in [5.41, 5.74) is 0.716. The van der Waals surface area contributed by atoms with Gasteiger partial charge < -0.3 is 5.32 Å². The number of rotatable bonds is 6. The highest BCUT2D eigenvalue weighted by molar-refractivity contribution is 9.10. The van der Waals surface area contributed by atoms with Crippen LogP contribution in [0.15, 0.2) is 57.9 Å². The van der Waals surface area contributed by atoms with Gasteiger partial charge in [-0.3, -0.25) is 4.79 Å². The summed E-state index contributed by atoms with van der Waals surface area (Å²) in [5, 5.41) is 2.56. The van der Waals surface area contributed by atoms with E-state index in [1.54, 1.807) is 30.3 Å². The average Bonchev–Trinajstić information content (AvgIpc) is 2.53. The quantitative estimate of drug-likeness (QED) is 0.779. The van der Waals surface area contributed by atoms with Crippen molar-refractivity contribution in [1.29, 1.82) is 0 Å². The van der Waals surface area contributed by atoms with Gasteiger partial charge in [0.05, 0.1) is 11.4 Å². The lowest BCUT2D eigenvalue weighted by Gasteiger charge is -2.09. The molecule has 0 spiro atoms. The van der Waals surface area contributed by atoms with Gasteiger partial charge in [-0.05, 0) is 45.8 Å². The molecule has 2 aromatic carbocycles. The number of nitrogens with one attached hydrogen (secondary N) is 2. The molecular weight excluding hydrogens is 387 g/mol. The van der Waals surface area contributed by atoms with Crippen molar-refractivity contribution in [3.8, 4) is 0 Å². The minimum atomic E-state index is -3.78. The summed E-state index contributed by atoms with van der Waals surface area (Å²) in [6, 6.07) is 12.0. The fourth-order valence-corrected chi connectivity index (χ4v) is 3.75. The second-order valence-electron chi connectivity index (χ2n) is 4.66.